The topological polar surface area (TPSA) is 81.2 Å². The summed E-state index contributed by atoms with van der Waals surface area (Å²) < 4.78 is 31.8. The molecule has 2 aromatic heterocycles. The summed E-state index contributed by atoms with van der Waals surface area (Å²) >= 11 is 1.59. The molecule has 0 amide bonds. The minimum absolute atomic E-state index is 0. The fraction of sp³-hybridized carbons (Fsp3) is 0.238. The van der Waals surface area contributed by atoms with Gasteiger partial charge in [0.2, 0.25) is 0 Å². The standard InChI is InChI=1S/C21H21N3O3S2.ClH/c1-21(2,3)29(25,26)20-10-14-15(7-8-22-16(14)11-18(20)27-4)24-13-5-6-19-17(9-13)23-12-28-19;/h5-12H,1-4H3,(H,22,24);1H. The highest BCUT2D eigenvalue weighted by molar-refractivity contribution is 7.92. The molecule has 0 spiro atoms. The molecule has 0 aliphatic carbocycles. The molecule has 0 bridgehead atoms. The van der Waals surface area contributed by atoms with Crippen molar-refractivity contribution in [2.45, 2.75) is 30.4 Å². The first kappa shape index (κ1) is 22.3. The molecule has 30 heavy (non-hydrogen) atoms. The van der Waals surface area contributed by atoms with Crippen LogP contribution in [-0.2, 0) is 9.84 Å². The maximum atomic E-state index is 13.1. The Morgan fingerprint density at radius 2 is 1.80 bits per heavy atom. The number of halogens is 1. The zero-order valence-corrected chi connectivity index (χ0v) is 19.4. The molecule has 2 heterocycles. The molecule has 6 nitrogen and oxygen atoms in total. The molecule has 0 unspecified atom stereocenters. The third-order valence-electron chi connectivity index (χ3n) is 4.73. The Hall–Kier alpha value is -2.42. The Morgan fingerprint density at radius 1 is 1.03 bits per heavy atom. The van der Waals surface area contributed by atoms with Crippen molar-refractivity contribution in [2.24, 2.45) is 0 Å². The first-order valence-corrected chi connectivity index (χ1v) is 11.4. The number of aromatic nitrogens is 2. The maximum absolute atomic E-state index is 13.1. The number of hydrogen-bond donors (Lipinski definition) is 1. The van der Waals surface area contributed by atoms with Gasteiger partial charge in [0.25, 0.3) is 0 Å². The summed E-state index contributed by atoms with van der Waals surface area (Å²) in [4.78, 5) is 8.90. The van der Waals surface area contributed by atoms with Crippen LogP contribution in [-0.4, -0.2) is 30.2 Å². The minimum Gasteiger partial charge on any atom is -0.495 e. The lowest BCUT2D eigenvalue weighted by molar-refractivity contribution is 0.402. The zero-order valence-electron chi connectivity index (χ0n) is 17.0. The molecule has 158 valence electrons. The van der Waals surface area contributed by atoms with Gasteiger partial charge >= 0.3 is 0 Å². The quantitative estimate of drug-likeness (QED) is 0.424. The van der Waals surface area contributed by atoms with E-state index >= 15 is 0 Å². The third-order valence-corrected chi connectivity index (χ3v) is 8.05. The van der Waals surface area contributed by atoms with E-state index in [4.69, 9.17) is 4.74 Å². The minimum atomic E-state index is -3.61. The van der Waals surface area contributed by atoms with Crippen LogP contribution in [0.1, 0.15) is 20.8 Å². The number of nitrogens with zero attached hydrogens (tertiary/aromatic N) is 2. The monoisotopic (exact) mass is 463 g/mol. The van der Waals surface area contributed by atoms with Gasteiger partial charge in [0.1, 0.15) is 10.6 Å². The molecule has 0 saturated heterocycles. The van der Waals surface area contributed by atoms with E-state index in [1.54, 1.807) is 50.4 Å². The van der Waals surface area contributed by atoms with E-state index in [0.29, 0.717) is 16.7 Å². The van der Waals surface area contributed by atoms with Gasteiger partial charge < -0.3 is 10.1 Å². The van der Waals surface area contributed by atoms with Gasteiger partial charge in [-0.15, -0.1) is 23.7 Å². The molecule has 0 fully saturated rings. The molecule has 4 aromatic rings. The number of pyridine rings is 1. The van der Waals surface area contributed by atoms with Gasteiger partial charge in [0.05, 0.1) is 33.1 Å². The molecular weight excluding hydrogens is 442 g/mol. The summed E-state index contributed by atoms with van der Waals surface area (Å²) in [5.41, 5.74) is 5.00. The van der Waals surface area contributed by atoms with Crippen molar-refractivity contribution < 1.29 is 13.2 Å². The summed E-state index contributed by atoms with van der Waals surface area (Å²) in [6.45, 7) is 5.03. The summed E-state index contributed by atoms with van der Waals surface area (Å²) in [5.74, 6) is 0.293. The Kier molecular flexibility index (Phi) is 5.95. The van der Waals surface area contributed by atoms with E-state index in [-0.39, 0.29) is 17.3 Å². The normalized spacial score (nSPS) is 12.0. The van der Waals surface area contributed by atoms with Gasteiger partial charge in [-0.25, -0.2) is 13.4 Å². The average Bonchev–Trinajstić information content (AvgIpc) is 3.14. The van der Waals surface area contributed by atoms with Crippen LogP contribution in [0.15, 0.2) is 53.0 Å². The van der Waals surface area contributed by atoms with Crippen LogP contribution >= 0.6 is 23.7 Å². The number of methoxy groups -OCH3 is 1. The number of rotatable bonds is 4. The molecule has 0 atom stereocenters. The van der Waals surface area contributed by atoms with Crippen LogP contribution in [0.25, 0.3) is 21.1 Å². The van der Waals surface area contributed by atoms with Crippen molar-refractivity contribution in [1.82, 2.24) is 9.97 Å². The SMILES string of the molecule is COc1cc2nccc(Nc3ccc4scnc4c3)c2cc1S(=O)(=O)C(C)(C)C.Cl. The van der Waals surface area contributed by atoms with Crippen LogP contribution in [0.4, 0.5) is 11.4 Å². The van der Waals surface area contributed by atoms with Crippen molar-refractivity contribution in [2.75, 3.05) is 12.4 Å². The first-order valence-electron chi connectivity index (χ1n) is 9.02. The predicted octanol–water partition coefficient (Wildman–Crippen LogP) is 5.59. The lowest BCUT2D eigenvalue weighted by Gasteiger charge is -2.21. The molecule has 1 N–H and O–H groups in total. The number of hydrogen-bond acceptors (Lipinski definition) is 7. The van der Waals surface area contributed by atoms with Gasteiger partial charge in [-0.3, -0.25) is 4.98 Å². The number of fused-ring (bicyclic) bond motifs is 2. The predicted molar refractivity (Wildman–Crippen MR) is 125 cm³/mol. The van der Waals surface area contributed by atoms with Crippen LogP contribution in [0.3, 0.4) is 0 Å². The van der Waals surface area contributed by atoms with Gasteiger partial charge in [0.15, 0.2) is 9.84 Å². The molecule has 0 radical (unpaired) electrons. The van der Waals surface area contributed by atoms with Crippen molar-refractivity contribution >= 4 is 66.1 Å². The fourth-order valence-corrected chi connectivity index (χ4v) is 5.05. The van der Waals surface area contributed by atoms with E-state index in [0.717, 1.165) is 21.6 Å². The third kappa shape index (κ3) is 3.82. The van der Waals surface area contributed by atoms with Crippen LogP contribution in [0.5, 0.6) is 5.75 Å². The second kappa shape index (κ2) is 8.02. The van der Waals surface area contributed by atoms with Crippen molar-refractivity contribution in [3.63, 3.8) is 0 Å². The fourth-order valence-electron chi connectivity index (χ4n) is 3.05. The number of benzene rings is 2. The van der Waals surface area contributed by atoms with E-state index < -0.39 is 14.6 Å². The molecular formula is C21H22ClN3O3S2. The number of thiazole rings is 1. The van der Waals surface area contributed by atoms with Crippen molar-refractivity contribution in [3.05, 3.63) is 48.1 Å². The Morgan fingerprint density at radius 3 is 2.50 bits per heavy atom. The van der Waals surface area contributed by atoms with Crippen LogP contribution < -0.4 is 10.1 Å². The first-order chi connectivity index (χ1) is 13.7. The summed E-state index contributed by atoms with van der Waals surface area (Å²) in [5, 5.41) is 4.08. The average molecular weight is 464 g/mol. The van der Waals surface area contributed by atoms with Crippen molar-refractivity contribution in [3.8, 4) is 5.75 Å². The molecule has 0 saturated carbocycles. The number of nitrogens with one attached hydrogen (secondary N) is 1. The number of sulfone groups is 1. The Balaban J connectivity index is 0.00000256. The van der Waals surface area contributed by atoms with E-state index in [2.05, 4.69) is 15.3 Å². The lowest BCUT2D eigenvalue weighted by Crippen LogP contribution is -2.28. The highest BCUT2D eigenvalue weighted by atomic mass is 35.5. The molecule has 4 rings (SSSR count). The van der Waals surface area contributed by atoms with E-state index in [9.17, 15) is 8.42 Å². The molecule has 0 aliphatic heterocycles. The smallest absolute Gasteiger partial charge is 0.186 e. The highest BCUT2D eigenvalue weighted by Crippen LogP contribution is 2.37. The van der Waals surface area contributed by atoms with E-state index in [1.165, 1.54) is 7.11 Å². The second-order valence-electron chi connectivity index (χ2n) is 7.65. The van der Waals surface area contributed by atoms with Crippen LogP contribution in [0, 0.1) is 0 Å². The zero-order chi connectivity index (χ0) is 20.8. The molecule has 9 heteroatoms. The highest BCUT2D eigenvalue weighted by Gasteiger charge is 2.34. The summed E-state index contributed by atoms with van der Waals surface area (Å²) in [7, 11) is -2.14. The molecule has 0 aliphatic rings. The van der Waals surface area contributed by atoms with E-state index in [1.807, 2.05) is 29.8 Å². The number of ether oxygens (including phenoxy) is 1. The van der Waals surface area contributed by atoms with Gasteiger partial charge in [-0.05, 0) is 51.1 Å². The van der Waals surface area contributed by atoms with Gasteiger partial charge in [-0.2, -0.15) is 0 Å². The van der Waals surface area contributed by atoms with Crippen molar-refractivity contribution in [1.29, 1.82) is 0 Å². The maximum Gasteiger partial charge on any atom is 0.186 e. The largest absolute Gasteiger partial charge is 0.495 e. The molecule has 2 aromatic carbocycles. The summed E-state index contributed by atoms with van der Waals surface area (Å²) in [6, 6.07) is 11.1. The Labute approximate surface area is 185 Å². The Bertz CT molecular complexity index is 1330. The van der Waals surface area contributed by atoms with Gasteiger partial charge in [0, 0.05) is 29.0 Å². The lowest BCUT2D eigenvalue weighted by atomic mass is 10.1. The van der Waals surface area contributed by atoms with Crippen LogP contribution in [0.2, 0.25) is 0 Å². The number of anilines is 2. The second-order valence-corrected chi connectivity index (χ2v) is 11.2. The van der Waals surface area contributed by atoms with Gasteiger partial charge in [-0.1, -0.05) is 0 Å². The summed E-state index contributed by atoms with van der Waals surface area (Å²) in [6.07, 6.45) is 1.68.